The maximum atomic E-state index is 13.1. The molecule has 0 atom stereocenters. The second-order valence-corrected chi connectivity index (χ2v) is 6.20. The highest BCUT2D eigenvalue weighted by molar-refractivity contribution is 5.98. The van der Waals surface area contributed by atoms with E-state index in [4.69, 9.17) is 10.00 Å². The molecule has 0 heterocycles. The van der Waals surface area contributed by atoms with Crippen molar-refractivity contribution < 1.29 is 9.53 Å². The minimum Gasteiger partial charge on any atom is -0.494 e. The molecule has 136 valence electrons. The van der Waals surface area contributed by atoms with Crippen molar-refractivity contribution in [3.05, 3.63) is 72.3 Å². The molecule has 1 amide bonds. The van der Waals surface area contributed by atoms with Gasteiger partial charge in [0.1, 0.15) is 5.75 Å². The van der Waals surface area contributed by atoms with Crippen LogP contribution in [0.3, 0.4) is 0 Å². The van der Waals surface area contributed by atoms with Gasteiger partial charge in [-0.25, -0.2) is 0 Å². The van der Waals surface area contributed by atoms with Crippen molar-refractivity contribution in [2.75, 3.05) is 18.1 Å². The minimum absolute atomic E-state index is 0.0224. The Kier molecular flexibility index (Phi) is 6.06. The summed E-state index contributed by atoms with van der Waals surface area (Å²) in [6, 6.07) is 23.6. The zero-order valence-corrected chi connectivity index (χ0v) is 15.4. The van der Waals surface area contributed by atoms with Gasteiger partial charge in [0.2, 0.25) is 5.91 Å². The van der Waals surface area contributed by atoms with Crippen LogP contribution in [0.5, 0.6) is 5.75 Å². The van der Waals surface area contributed by atoms with Crippen LogP contribution < -0.4 is 9.64 Å². The fourth-order valence-corrected chi connectivity index (χ4v) is 3.15. The van der Waals surface area contributed by atoms with Crippen LogP contribution >= 0.6 is 0 Å². The predicted octanol–water partition coefficient (Wildman–Crippen LogP) is 4.73. The molecule has 0 saturated carbocycles. The van der Waals surface area contributed by atoms with E-state index in [1.54, 1.807) is 4.90 Å². The van der Waals surface area contributed by atoms with Crippen LogP contribution in [0.4, 0.5) is 5.69 Å². The lowest BCUT2D eigenvalue weighted by Crippen LogP contribution is -2.33. The maximum absolute atomic E-state index is 13.1. The number of carbonyl (C=O) groups excluding carboxylic acids is 1. The van der Waals surface area contributed by atoms with Crippen LogP contribution in [0.1, 0.15) is 18.9 Å². The monoisotopic (exact) mass is 358 g/mol. The van der Waals surface area contributed by atoms with Gasteiger partial charge in [-0.1, -0.05) is 42.5 Å². The van der Waals surface area contributed by atoms with Gasteiger partial charge < -0.3 is 9.64 Å². The third-order valence-corrected chi connectivity index (χ3v) is 4.43. The SMILES string of the molecule is CCOc1ccc(N(CCC#N)C(=O)Cc2cccc3ccccc23)cc1. The summed E-state index contributed by atoms with van der Waals surface area (Å²) in [5.41, 5.74) is 1.77. The van der Waals surface area contributed by atoms with Crippen molar-refractivity contribution in [1.29, 1.82) is 5.26 Å². The van der Waals surface area contributed by atoms with Crippen molar-refractivity contribution in [1.82, 2.24) is 0 Å². The minimum atomic E-state index is -0.0224. The molecule has 0 saturated heterocycles. The van der Waals surface area contributed by atoms with Gasteiger partial charge in [-0.15, -0.1) is 0 Å². The first kappa shape index (κ1) is 18.5. The Bertz CT molecular complexity index is 953. The first-order chi connectivity index (χ1) is 13.2. The lowest BCUT2D eigenvalue weighted by atomic mass is 10.0. The number of nitrogens with zero attached hydrogens (tertiary/aromatic N) is 2. The number of ether oxygens (including phenoxy) is 1. The average molecular weight is 358 g/mol. The summed E-state index contributed by atoms with van der Waals surface area (Å²) >= 11 is 0. The Labute approximate surface area is 159 Å². The van der Waals surface area contributed by atoms with Gasteiger partial charge in [-0.3, -0.25) is 4.79 Å². The van der Waals surface area contributed by atoms with Crippen LogP contribution in [0, 0.1) is 11.3 Å². The molecule has 0 fully saturated rings. The van der Waals surface area contributed by atoms with Gasteiger partial charge >= 0.3 is 0 Å². The number of rotatable bonds is 7. The van der Waals surface area contributed by atoms with Gasteiger partial charge in [-0.2, -0.15) is 5.26 Å². The molecule has 4 heteroatoms. The van der Waals surface area contributed by atoms with E-state index in [1.807, 2.05) is 73.7 Å². The molecule has 0 aliphatic carbocycles. The molecule has 27 heavy (non-hydrogen) atoms. The summed E-state index contributed by atoms with van der Waals surface area (Å²) in [6.45, 7) is 2.90. The molecule has 0 aliphatic rings. The van der Waals surface area contributed by atoms with Crippen LogP contribution in [0.25, 0.3) is 10.8 Å². The van der Waals surface area contributed by atoms with Gasteiger partial charge in [0.25, 0.3) is 0 Å². The molecule has 3 aromatic carbocycles. The van der Waals surface area contributed by atoms with Crippen molar-refractivity contribution in [2.24, 2.45) is 0 Å². The average Bonchev–Trinajstić information content (AvgIpc) is 2.70. The Morgan fingerprint density at radius 3 is 2.52 bits per heavy atom. The van der Waals surface area contributed by atoms with E-state index in [9.17, 15) is 4.79 Å². The second-order valence-electron chi connectivity index (χ2n) is 6.20. The van der Waals surface area contributed by atoms with Gasteiger partial charge in [-0.05, 0) is 47.5 Å². The molecule has 4 nitrogen and oxygen atoms in total. The fraction of sp³-hybridized carbons (Fsp3) is 0.217. The van der Waals surface area contributed by atoms with Crippen LogP contribution in [0.2, 0.25) is 0 Å². The summed E-state index contributed by atoms with van der Waals surface area (Å²) in [6.07, 6.45) is 0.578. The third kappa shape index (κ3) is 4.45. The zero-order valence-electron chi connectivity index (χ0n) is 15.4. The Morgan fingerprint density at radius 1 is 1.04 bits per heavy atom. The van der Waals surface area contributed by atoms with Crippen molar-refractivity contribution in [3.63, 3.8) is 0 Å². The van der Waals surface area contributed by atoms with E-state index in [-0.39, 0.29) is 12.3 Å². The van der Waals surface area contributed by atoms with E-state index < -0.39 is 0 Å². The number of hydrogen-bond donors (Lipinski definition) is 0. The number of hydrogen-bond acceptors (Lipinski definition) is 3. The highest BCUT2D eigenvalue weighted by Gasteiger charge is 2.17. The van der Waals surface area contributed by atoms with Gasteiger partial charge in [0.05, 0.1) is 25.5 Å². The Morgan fingerprint density at radius 2 is 1.78 bits per heavy atom. The van der Waals surface area contributed by atoms with E-state index in [0.29, 0.717) is 19.6 Å². The predicted molar refractivity (Wildman–Crippen MR) is 108 cm³/mol. The highest BCUT2D eigenvalue weighted by atomic mass is 16.5. The normalized spacial score (nSPS) is 10.4. The van der Waals surface area contributed by atoms with Gasteiger partial charge in [0.15, 0.2) is 0 Å². The maximum Gasteiger partial charge on any atom is 0.231 e. The Balaban J connectivity index is 1.85. The number of anilines is 1. The van der Waals surface area contributed by atoms with Crippen LogP contribution in [-0.2, 0) is 11.2 Å². The van der Waals surface area contributed by atoms with Crippen molar-refractivity contribution >= 4 is 22.4 Å². The number of nitriles is 1. The molecule has 0 aromatic heterocycles. The molecular formula is C23H22N2O2. The summed E-state index contributed by atoms with van der Waals surface area (Å²) in [7, 11) is 0. The summed E-state index contributed by atoms with van der Waals surface area (Å²) in [4.78, 5) is 14.7. The molecule has 0 radical (unpaired) electrons. The molecule has 0 bridgehead atoms. The van der Waals surface area contributed by atoms with Crippen molar-refractivity contribution in [3.8, 4) is 11.8 Å². The number of carbonyl (C=O) groups is 1. The van der Waals surface area contributed by atoms with E-state index in [0.717, 1.165) is 27.8 Å². The van der Waals surface area contributed by atoms with Gasteiger partial charge in [0, 0.05) is 12.2 Å². The summed E-state index contributed by atoms with van der Waals surface area (Å²) in [5.74, 6) is 0.744. The molecule has 0 spiro atoms. The highest BCUT2D eigenvalue weighted by Crippen LogP contribution is 2.23. The Hall–Kier alpha value is -3.32. The smallest absolute Gasteiger partial charge is 0.231 e. The summed E-state index contributed by atoms with van der Waals surface area (Å²) in [5, 5.41) is 11.2. The fourth-order valence-electron chi connectivity index (χ4n) is 3.15. The molecular weight excluding hydrogens is 336 g/mol. The number of fused-ring (bicyclic) bond motifs is 1. The quantitative estimate of drug-likeness (QED) is 0.614. The first-order valence-electron chi connectivity index (χ1n) is 9.09. The lowest BCUT2D eigenvalue weighted by molar-refractivity contribution is -0.117. The molecule has 0 aliphatic heterocycles. The first-order valence-corrected chi connectivity index (χ1v) is 9.09. The molecule has 3 rings (SSSR count). The van der Waals surface area contributed by atoms with E-state index in [2.05, 4.69) is 6.07 Å². The molecule has 0 unspecified atom stereocenters. The van der Waals surface area contributed by atoms with E-state index >= 15 is 0 Å². The van der Waals surface area contributed by atoms with Crippen LogP contribution in [0.15, 0.2) is 66.7 Å². The van der Waals surface area contributed by atoms with Crippen molar-refractivity contribution in [2.45, 2.75) is 19.8 Å². The topological polar surface area (TPSA) is 53.3 Å². The van der Waals surface area contributed by atoms with E-state index in [1.165, 1.54) is 0 Å². The lowest BCUT2D eigenvalue weighted by Gasteiger charge is -2.22. The second kappa shape index (κ2) is 8.86. The zero-order chi connectivity index (χ0) is 19.1. The molecule has 0 N–H and O–H groups in total. The van der Waals surface area contributed by atoms with Crippen LogP contribution in [-0.4, -0.2) is 19.1 Å². The molecule has 3 aromatic rings. The number of amides is 1. The number of benzene rings is 3. The standard InChI is InChI=1S/C23H22N2O2/c1-2-27-21-13-11-20(12-14-21)25(16-6-15-24)23(26)17-19-9-5-8-18-7-3-4-10-22(18)19/h3-5,7-14H,2,6,16-17H2,1H3. The summed E-state index contributed by atoms with van der Waals surface area (Å²) < 4.78 is 5.47. The largest absolute Gasteiger partial charge is 0.494 e. The third-order valence-electron chi connectivity index (χ3n) is 4.43.